The Morgan fingerprint density at radius 2 is 1.93 bits per heavy atom. The van der Waals surface area contributed by atoms with Gasteiger partial charge in [-0.3, -0.25) is 0 Å². The smallest absolute Gasteiger partial charge is 0.329 e. The van der Waals surface area contributed by atoms with Crippen LogP contribution < -0.4 is 4.90 Å². The summed E-state index contributed by atoms with van der Waals surface area (Å²) in [6.45, 7) is 4.00. The van der Waals surface area contributed by atoms with Crippen LogP contribution in [0.25, 0.3) is 11.4 Å². The van der Waals surface area contributed by atoms with Gasteiger partial charge in [-0.25, -0.2) is 9.98 Å². The summed E-state index contributed by atoms with van der Waals surface area (Å²) >= 11 is 0. The van der Waals surface area contributed by atoms with Crippen molar-refractivity contribution in [2.45, 2.75) is 12.7 Å². The maximum absolute atomic E-state index is 12.6. The van der Waals surface area contributed by atoms with Gasteiger partial charge in [-0.2, -0.15) is 18.2 Å². The molecule has 0 aliphatic carbocycles. The molecule has 0 spiro atoms. The molecule has 0 aliphatic heterocycles. The van der Waals surface area contributed by atoms with Gasteiger partial charge in [0.25, 0.3) is 0 Å². The Morgan fingerprint density at radius 1 is 1.15 bits per heavy atom. The molecule has 6 nitrogen and oxygen atoms in total. The zero-order chi connectivity index (χ0) is 19.3. The number of aliphatic imine (C=N–C) groups is 1. The first kappa shape index (κ1) is 18.3. The van der Waals surface area contributed by atoms with Gasteiger partial charge in [-0.05, 0) is 17.7 Å². The standard InChI is InChI=1S/C18H14F3N5O/c1-2-22-12-26(15-5-3-4-10-23-15)11-13-6-8-14(9-7-13)16-24-17(27-25-16)18(19,20)21/h2-10,12H,1,11H2. The molecule has 138 valence electrons. The van der Waals surface area contributed by atoms with Crippen molar-refractivity contribution >= 4 is 12.2 Å². The van der Waals surface area contributed by atoms with Gasteiger partial charge in [0, 0.05) is 18.0 Å². The third-order valence-corrected chi connectivity index (χ3v) is 3.49. The molecule has 0 fully saturated rings. The topological polar surface area (TPSA) is 67.4 Å². The fourth-order valence-corrected chi connectivity index (χ4v) is 2.24. The van der Waals surface area contributed by atoms with E-state index in [4.69, 9.17) is 0 Å². The number of hydrogen-bond acceptors (Lipinski definition) is 5. The van der Waals surface area contributed by atoms with Crippen LogP contribution in [0.4, 0.5) is 19.0 Å². The molecule has 3 aromatic rings. The van der Waals surface area contributed by atoms with Gasteiger partial charge in [0.15, 0.2) is 0 Å². The van der Waals surface area contributed by atoms with Crippen LogP contribution in [-0.4, -0.2) is 21.5 Å². The molecule has 0 saturated heterocycles. The second kappa shape index (κ2) is 7.81. The number of benzene rings is 1. The second-order valence-electron chi connectivity index (χ2n) is 5.38. The van der Waals surface area contributed by atoms with Gasteiger partial charge in [-0.1, -0.05) is 42.1 Å². The zero-order valence-corrected chi connectivity index (χ0v) is 14.0. The predicted octanol–water partition coefficient (Wildman–Crippen LogP) is 4.33. The van der Waals surface area contributed by atoms with Gasteiger partial charge in [-0.15, -0.1) is 0 Å². The predicted molar refractivity (Wildman–Crippen MR) is 93.8 cm³/mol. The van der Waals surface area contributed by atoms with E-state index in [-0.39, 0.29) is 5.82 Å². The highest BCUT2D eigenvalue weighted by Gasteiger charge is 2.38. The van der Waals surface area contributed by atoms with Crippen molar-refractivity contribution in [1.82, 2.24) is 15.1 Å². The molecule has 0 bridgehead atoms. The molecule has 0 radical (unpaired) electrons. The Balaban J connectivity index is 1.79. The first-order chi connectivity index (χ1) is 13.0. The summed E-state index contributed by atoms with van der Waals surface area (Å²) in [5, 5.41) is 3.37. The molecule has 0 atom stereocenters. The fraction of sp³-hybridized carbons (Fsp3) is 0.111. The van der Waals surface area contributed by atoms with E-state index >= 15 is 0 Å². The lowest BCUT2D eigenvalue weighted by atomic mass is 10.1. The van der Waals surface area contributed by atoms with E-state index in [9.17, 15) is 13.2 Å². The van der Waals surface area contributed by atoms with Crippen LogP contribution in [0.2, 0.25) is 0 Å². The van der Waals surface area contributed by atoms with E-state index in [1.807, 2.05) is 17.0 Å². The maximum Gasteiger partial charge on any atom is 0.471 e. The molecule has 1 aromatic carbocycles. The quantitative estimate of drug-likeness (QED) is 0.475. The number of pyridine rings is 1. The lowest BCUT2D eigenvalue weighted by Crippen LogP contribution is -2.21. The van der Waals surface area contributed by atoms with Gasteiger partial charge in [0.1, 0.15) is 5.82 Å². The first-order valence-corrected chi connectivity index (χ1v) is 7.79. The fourth-order valence-electron chi connectivity index (χ4n) is 2.24. The molecule has 0 saturated carbocycles. The van der Waals surface area contributed by atoms with Crippen molar-refractivity contribution in [1.29, 1.82) is 0 Å². The highest BCUT2D eigenvalue weighted by atomic mass is 19.4. The van der Waals surface area contributed by atoms with E-state index in [0.717, 1.165) is 5.56 Å². The summed E-state index contributed by atoms with van der Waals surface area (Å²) in [6, 6.07) is 12.3. The summed E-state index contributed by atoms with van der Waals surface area (Å²) in [4.78, 5) is 13.5. The van der Waals surface area contributed by atoms with Gasteiger partial charge < -0.3 is 9.42 Å². The minimum Gasteiger partial charge on any atom is -0.329 e. The van der Waals surface area contributed by atoms with Crippen molar-refractivity contribution in [3.8, 4) is 11.4 Å². The minimum absolute atomic E-state index is 0.122. The average molecular weight is 373 g/mol. The largest absolute Gasteiger partial charge is 0.471 e. The van der Waals surface area contributed by atoms with Crippen molar-refractivity contribution in [3.63, 3.8) is 0 Å². The Kier molecular flexibility index (Phi) is 5.30. The molecule has 9 heteroatoms. The normalized spacial score (nSPS) is 11.7. The van der Waals surface area contributed by atoms with E-state index in [2.05, 4.69) is 31.2 Å². The SMILES string of the molecule is C=CN=CN(Cc1ccc(-c2noc(C(F)(F)F)n2)cc1)c1ccccn1. The van der Waals surface area contributed by atoms with Crippen LogP contribution in [0.5, 0.6) is 0 Å². The summed E-state index contributed by atoms with van der Waals surface area (Å²) in [5.74, 6) is -0.799. The van der Waals surface area contributed by atoms with Gasteiger partial charge in [0.2, 0.25) is 5.82 Å². The maximum atomic E-state index is 12.6. The molecule has 3 rings (SSSR count). The molecule has 2 aromatic heterocycles. The zero-order valence-electron chi connectivity index (χ0n) is 14.0. The van der Waals surface area contributed by atoms with Crippen LogP contribution in [-0.2, 0) is 12.7 Å². The number of aromatic nitrogens is 3. The Morgan fingerprint density at radius 3 is 2.52 bits per heavy atom. The molecular formula is C18H14F3N5O. The summed E-state index contributed by atoms with van der Waals surface area (Å²) in [6.07, 6.45) is 0.00603. The van der Waals surface area contributed by atoms with Crippen LogP contribution >= 0.6 is 0 Å². The van der Waals surface area contributed by atoms with E-state index in [1.54, 1.807) is 42.9 Å². The van der Waals surface area contributed by atoms with Crippen molar-refractivity contribution in [3.05, 3.63) is 72.9 Å². The highest BCUT2D eigenvalue weighted by molar-refractivity contribution is 5.77. The number of rotatable bonds is 6. The number of nitrogens with zero attached hydrogens (tertiary/aromatic N) is 5. The number of anilines is 1. The summed E-state index contributed by atoms with van der Waals surface area (Å²) < 4.78 is 41.9. The Labute approximate surface area is 152 Å². The van der Waals surface area contributed by atoms with E-state index < -0.39 is 12.1 Å². The number of hydrogen-bond donors (Lipinski definition) is 0. The molecule has 0 amide bonds. The van der Waals surface area contributed by atoms with Crippen LogP contribution in [0.15, 0.2) is 71.0 Å². The Bertz CT molecular complexity index is 920. The molecule has 2 heterocycles. The van der Waals surface area contributed by atoms with Gasteiger partial charge in [0.05, 0.1) is 12.9 Å². The highest BCUT2D eigenvalue weighted by Crippen LogP contribution is 2.29. The first-order valence-electron chi connectivity index (χ1n) is 7.79. The third kappa shape index (κ3) is 4.57. The number of halogens is 3. The lowest BCUT2D eigenvalue weighted by molar-refractivity contribution is -0.159. The summed E-state index contributed by atoms with van der Waals surface area (Å²) in [5.41, 5.74) is 1.31. The second-order valence-corrected chi connectivity index (χ2v) is 5.38. The Hall–Kier alpha value is -3.49. The van der Waals surface area contributed by atoms with Gasteiger partial charge >= 0.3 is 12.1 Å². The minimum atomic E-state index is -4.67. The van der Waals surface area contributed by atoms with E-state index in [1.165, 1.54) is 6.20 Å². The van der Waals surface area contributed by atoms with Crippen molar-refractivity contribution in [2.75, 3.05) is 4.90 Å². The van der Waals surface area contributed by atoms with E-state index in [0.29, 0.717) is 17.9 Å². The monoisotopic (exact) mass is 373 g/mol. The molecular weight excluding hydrogens is 359 g/mol. The molecule has 0 unspecified atom stereocenters. The average Bonchev–Trinajstić information content (AvgIpc) is 3.17. The lowest BCUT2D eigenvalue weighted by Gasteiger charge is -2.18. The van der Waals surface area contributed by atoms with Crippen LogP contribution in [0.3, 0.4) is 0 Å². The molecule has 0 aliphatic rings. The van der Waals surface area contributed by atoms with Crippen LogP contribution in [0.1, 0.15) is 11.5 Å². The summed E-state index contributed by atoms with van der Waals surface area (Å²) in [7, 11) is 0. The molecule has 27 heavy (non-hydrogen) atoms. The van der Waals surface area contributed by atoms with Crippen LogP contribution in [0, 0.1) is 0 Å². The molecule has 0 N–H and O–H groups in total. The van der Waals surface area contributed by atoms with Crippen molar-refractivity contribution in [2.24, 2.45) is 4.99 Å². The van der Waals surface area contributed by atoms with Crippen molar-refractivity contribution < 1.29 is 17.7 Å². The number of alkyl halides is 3. The third-order valence-electron chi connectivity index (χ3n) is 3.49.